The summed E-state index contributed by atoms with van der Waals surface area (Å²) < 4.78 is 21.6. The van der Waals surface area contributed by atoms with Gasteiger partial charge in [-0.15, -0.1) is 11.3 Å². The van der Waals surface area contributed by atoms with E-state index in [4.69, 9.17) is 0 Å². The van der Waals surface area contributed by atoms with Crippen LogP contribution in [-0.4, -0.2) is 31.2 Å². The molecule has 0 amide bonds. The Hall–Kier alpha value is -0.750. The van der Waals surface area contributed by atoms with Crippen molar-refractivity contribution in [3.8, 4) is 0 Å². The lowest BCUT2D eigenvalue weighted by Gasteiger charge is -1.95. The normalized spacial score (nSPS) is 11.6. The van der Waals surface area contributed by atoms with Crippen molar-refractivity contribution in [2.75, 3.05) is 12.0 Å². The van der Waals surface area contributed by atoms with Crippen LogP contribution in [0.4, 0.5) is 0 Å². The lowest BCUT2D eigenvalue weighted by atomic mass is 10.2. The maximum absolute atomic E-state index is 11.4. The van der Waals surface area contributed by atoms with Crippen molar-refractivity contribution < 1.29 is 13.2 Å². The van der Waals surface area contributed by atoms with Gasteiger partial charge >= 0.3 is 0 Å². The lowest BCUT2D eigenvalue weighted by Crippen LogP contribution is -2.09. The summed E-state index contributed by atoms with van der Waals surface area (Å²) in [5.41, 5.74) is 0.371. The van der Waals surface area contributed by atoms with E-state index in [2.05, 4.69) is 4.98 Å². The number of hydrogen-bond acceptors (Lipinski definition) is 5. The summed E-state index contributed by atoms with van der Waals surface area (Å²) in [6, 6.07) is 0. The Balaban J connectivity index is 2.60. The Labute approximate surface area is 86.9 Å². The highest BCUT2D eigenvalue weighted by atomic mass is 32.2. The molecule has 0 aliphatic carbocycles. The summed E-state index contributed by atoms with van der Waals surface area (Å²) in [4.78, 5) is 15.4. The van der Waals surface area contributed by atoms with Crippen LogP contribution >= 0.6 is 11.3 Å². The van der Waals surface area contributed by atoms with Crippen molar-refractivity contribution in [3.63, 3.8) is 0 Å². The molecule has 0 aliphatic rings. The molecule has 14 heavy (non-hydrogen) atoms. The molecule has 1 rings (SSSR count). The second kappa shape index (κ2) is 4.18. The van der Waals surface area contributed by atoms with Gasteiger partial charge in [0.1, 0.15) is 15.5 Å². The molecule has 0 unspecified atom stereocenters. The third kappa shape index (κ3) is 3.55. The predicted octanol–water partition coefficient (Wildman–Crippen LogP) is 1.07. The minimum absolute atomic E-state index is 0.0159. The number of nitrogens with zero attached hydrogens (tertiary/aromatic N) is 1. The first-order valence-corrected chi connectivity index (χ1v) is 6.95. The summed E-state index contributed by atoms with van der Waals surface area (Å²) in [6.45, 7) is 1.80. The molecule has 1 aromatic rings. The van der Waals surface area contributed by atoms with Gasteiger partial charge in [0, 0.05) is 18.1 Å². The summed E-state index contributed by atoms with van der Waals surface area (Å²) in [7, 11) is -3.07. The van der Waals surface area contributed by atoms with Gasteiger partial charge in [0.2, 0.25) is 0 Å². The molecule has 0 aliphatic heterocycles. The molecule has 78 valence electrons. The minimum Gasteiger partial charge on any atom is -0.292 e. The molecular formula is C8H11NO3S2. The van der Waals surface area contributed by atoms with E-state index >= 15 is 0 Å². The monoisotopic (exact) mass is 233 g/mol. The lowest BCUT2D eigenvalue weighted by molar-refractivity contribution is 0.0984. The topological polar surface area (TPSA) is 64.1 Å². The molecule has 1 aromatic heterocycles. The van der Waals surface area contributed by atoms with E-state index in [1.54, 1.807) is 12.3 Å². The van der Waals surface area contributed by atoms with E-state index < -0.39 is 9.84 Å². The van der Waals surface area contributed by atoms with E-state index in [9.17, 15) is 13.2 Å². The Morgan fingerprint density at radius 1 is 1.57 bits per heavy atom. The number of aryl methyl sites for hydroxylation is 1. The van der Waals surface area contributed by atoms with Crippen molar-refractivity contribution in [1.82, 2.24) is 4.98 Å². The number of thiazole rings is 1. The van der Waals surface area contributed by atoms with E-state index in [0.29, 0.717) is 5.69 Å². The number of carbonyl (C=O) groups excluding carboxylic acids is 1. The van der Waals surface area contributed by atoms with E-state index in [-0.39, 0.29) is 18.0 Å². The van der Waals surface area contributed by atoms with Crippen LogP contribution in [0.5, 0.6) is 0 Å². The third-order valence-corrected chi connectivity index (χ3v) is 3.32. The number of Topliss-reactive ketones (excluding diaryl/α,β-unsaturated/α-hetero) is 1. The van der Waals surface area contributed by atoms with Crippen molar-refractivity contribution in [2.24, 2.45) is 0 Å². The second-order valence-corrected chi connectivity index (χ2v) is 6.38. The maximum Gasteiger partial charge on any atom is 0.183 e. The largest absolute Gasteiger partial charge is 0.292 e. The average Bonchev–Trinajstić information content (AvgIpc) is 2.46. The van der Waals surface area contributed by atoms with Crippen molar-refractivity contribution in [2.45, 2.75) is 13.3 Å². The molecule has 1 heterocycles. The molecule has 0 saturated heterocycles. The maximum atomic E-state index is 11.4. The van der Waals surface area contributed by atoms with Crippen LogP contribution in [0.15, 0.2) is 5.38 Å². The van der Waals surface area contributed by atoms with E-state index in [1.807, 2.05) is 0 Å². The Bertz CT molecular complexity index is 433. The first-order chi connectivity index (χ1) is 6.38. The zero-order valence-corrected chi connectivity index (χ0v) is 9.61. The Morgan fingerprint density at radius 3 is 2.64 bits per heavy atom. The van der Waals surface area contributed by atoms with Gasteiger partial charge in [-0.3, -0.25) is 4.79 Å². The van der Waals surface area contributed by atoms with Crippen LogP contribution in [0.25, 0.3) is 0 Å². The molecule has 0 saturated carbocycles. The first-order valence-electron chi connectivity index (χ1n) is 4.01. The number of rotatable bonds is 4. The van der Waals surface area contributed by atoms with Crippen LogP contribution in [0.1, 0.15) is 21.9 Å². The number of hydrogen-bond donors (Lipinski definition) is 0. The number of sulfone groups is 1. The quantitative estimate of drug-likeness (QED) is 0.730. The summed E-state index contributed by atoms with van der Waals surface area (Å²) in [5.74, 6) is -0.317. The third-order valence-electron chi connectivity index (χ3n) is 1.60. The van der Waals surface area contributed by atoms with Gasteiger partial charge in [-0.25, -0.2) is 13.4 Å². The first kappa shape index (κ1) is 11.3. The van der Waals surface area contributed by atoms with Crippen LogP contribution in [-0.2, 0) is 9.84 Å². The van der Waals surface area contributed by atoms with Gasteiger partial charge in [0.15, 0.2) is 5.78 Å². The van der Waals surface area contributed by atoms with Gasteiger partial charge in [-0.2, -0.15) is 0 Å². The molecule has 6 heteroatoms. The molecule has 0 spiro atoms. The molecule has 4 nitrogen and oxygen atoms in total. The van der Waals surface area contributed by atoms with Crippen molar-refractivity contribution in [3.05, 3.63) is 16.1 Å². The zero-order valence-electron chi connectivity index (χ0n) is 7.98. The Kier molecular flexibility index (Phi) is 3.38. The van der Waals surface area contributed by atoms with Crippen LogP contribution in [0.2, 0.25) is 0 Å². The van der Waals surface area contributed by atoms with Gasteiger partial charge in [-0.05, 0) is 6.92 Å². The molecular weight excluding hydrogens is 222 g/mol. The smallest absolute Gasteiger partial charge is 0.183 e. The van der Waals surface area contributed by atoms with Crippen LogP contribution in [0, 0.1) is 6.92 Å². The summed E-state index contributed by atoms with van der Waals surface area (Å²) >= 11 is 1.38. The number of ketones is 1. The average molecular weight is 233 g/mol. The predicted molar refractivity (Wildman–Crippen MR) is 55.5 cm³/mol. The van der Waals surface area contributed by atoms with Crippen LogP contribution in [0.3, 0.4) is 0 Å². The molecule has 0 atom stereocenters. The van der Waals surface area contributed by atoms with E-state index in [0.717, 1.165) is 11.3 Å². The van der Waals surface area contributed by atoms with Gasteiger partial charge < -0.3 is 0 Å². The van der Waals surface area contributed by atoms with E-state index in [1.165, 1.54) is 11.3 Å². The highest BCUT2D eigenvalue weighted by Crippen LogP contribution is 2.10. The fraction of sp³-hybridized carbons (Fsp3) is 0.500. The van der Waals surface area contributed by atoms with Gasteiger partial charge in [0.05, 0.1) is 10.8 Å². The standard InChI is InChI=1S/C8H11NO3S2/c1-6-9-7(5-13-6)8(10)3-4-14(2,11)12/h5H,3-4H2,1-2H3. The van der Waals surface area contributed by atoms with Crippen molar-refractivity contribution in [1.29, 1.82) is 0 Å². The summed E-state index contributed by atoms with van der Waals surface area (Å²) in [5, 5.41) is 2.47. The fourth-order valence-electron chi connectivity index (χ4n) is 0.898. The zero-order chi connectivity index (χ0) is 10.8. The van der Waals surface area contributed by atoms with Gasteiger partial charge in [0.25, 0.3) is 0 Å². The highest BCUT2D eigenvalue weighted by Gasteiger charge is 2.12. The Morgan fingerprint density at radius 2 is 2.21 bits per heavy atom. The molecule has 0 aromatic carbocycles. The molecule has 0 radical (unpaired) electrons. The molecule has 0 bridgehead atoms. The second-order valence-electron chi connectivity index (χ2n) is 3.05. The van der Waals surface area contributed by atoms with Crippen LogP contribution < -0.4 is 0 Å². The SMILES string of the molecule is Cc1nc(C(=O)CCS(C)(=O)=O)cs1. The van der Waals surface area contributed by atoms with Gasteiger partial charge in [-0.1, -0.05) is 0 Å². The fourth-order valence-corrected chi connectivity index (χ4v) is 2.07. The molecule has 0 fully saturated rings. The van der Waals surface area contributed by atoms with Crippen molar-refractivity contribution >= 4 is 27.0 Å². The number of carbonyl (C=O) groups is 1. The number of aromatic nitrogens is 1. The highest BCUT2D eigenvalue weighted by molar-refractivity contribution is 7.90. The minimum atomic E-state index is -3.07. The molecule has 0 N–H and O–H groups in total. The summed E-state index contributed by atoms with van der Waals surface area (Å²) in [6.07, 6.45) is 1.13.